The van der Waals surface area contributed by atoms with Crippen molar-refractivity contribution in [2.45, 2.75) is 52.6 Å². The normalized spacial score (nSPS) is 17.1. The van der Waals surface area contributed by atoms with Crippen molar-refractivity contribution in [3.05, 3.63) is 0 Å². The lowest BCUT2D eigenvalue weighted by molar-refractivity contribution is 0.0208. The van der Waals surface area contributed by atoms with Crippen molar-refractivity contribution in [1.82, 2.24) is 0 Å². The van der Waals surface area contributed by atoms with E-state index < -0.39 is 5.60 Å². The molecule has 0 saturated heterocycles. The predicted molar refractivity (Wildman–Crippen MR) is 55.8 cm³/mol. The summed E-state index contributed by atoms with van der Waals surface area (Å²) in [6, 6.07) is 0. The summed E-state index contributed by atoms with van der Waals surface area (Å²) >= 11 is 0. The van der Waals surface area contributed by atoms with E-state index in [0.29, 0.717) is 0 Å². The molecule has 2 nitrogen and oxygen atoms in total. The van der Waals surface area contributed by atoms with Crippen LogP contribution >= 0.6 is 0 Å². The average Bonchev–Trinajstić information content (AvgIpc) is 2.02. The van der Waals surface area contributed by atoms with E-state index in [1.54, 1.807) is 7.11 Å². The first-order valence-electron chi connectivity index (χ1n) is 5.04. The third-order valence-corrected chi connectivity index (χ3v) is 2.64. The highest BCUT2D eigenvalue weighted by Gasteiger charge is 2.24. The Labute approximate surface area is 82.3 Å². The molecule has 0 bridgehead atoms. The zero-order valence-electron chi connectivity index (χ0n) is 9.68. The Kier molecular flexibility index (Phi) is 4.93. The number of hydrogen-bond donors (Lipinski definition) is 1. The van der Waals surface area contributed by atoms with Gasteiger partial charge in [0.15, 0.2) is 0 Å². The highest BCUT2D eigenvalue weighted by atomic mass is 16.5. The maximum absolute atomic E-state index is 9.81. The number of hydrogen-bond acceptors (Lipinski definition) is 2. The number of methoxy groups -OCH3 is 1. The van der Waals surface area contributed by atoms with E-state index in [-0.39, 0.29) is 5.41 Å². The van der Waals surface area contributed by atoms with Gasteiger partial charge in [-0.15, -0.1) is 0 Å². The minimum absolute atomic E-state index is 0.175. The summed E-state index contributed by atoms with van der Waals surface area (Å²) in [5.41, 5.74) is -0.334. The third-order valence-electron chi connectivity index (χ3n) is 2.64. The van der Waals surface area contributed by atoms with Gasteiger partial charge in [-0.2, -0.15) is 0 Å². The van der Waals surface area contributed by atoms with E-state index in [0.717, 1.165) is 25.9 Å². The summed E-state index contributed by atoms with van der Waals surface area (Å²) in [5, 5.41) is 9.81. The van der Waals surface area contributed by atoms with Crippen molar-refractivity contribution in [3.63, 3.8) is 0 Å². The summed E-state index contributed by atoms with van der Waals surface area (Å²) in [4.78, 5) is 0. The van der Waals surface area contributed by atoms with Gasteiger partial charge < -0.3 is 9.84 Å². The minimum Gasteiger partial charge on any atom is -0.390 e. The van der Waals surface area contributed by atoms with Gasteiger partial charge in [0.05, 0.1) is 12.2 Å². The molecular weight excluding hydrogens is 164 g/mol. The molecule has 0 aliphatic carbocycles. The first-order valence-corrected chi connectivity index (χ1v) is 5.04. The van der Waals surface area contributed by atoms with Crippen LogP contribution in [0.1, 0.15) is 47.0 Å². The fourth-order valence-electron chi connectivity index (χ4n) is 1.25. The molecule has 0 aromatic heterocycles. The summed E-state index contributed by atoms with van der Waals surface area (Å²) in [6.07, 6.45) is 2.66. The Balaban J connectivity index is 3.86. The first-order chi connectivity index (χ1) is 5.83. The molecule has 1 N–H and O–H groups in total. The van der Waals surface area contributed by atoms with Crippen molar-refractivity contribution in [2.75, 3.05) is 13.7 Å². The molecule has 0 aliphatic heterocycles. The van der Waals surface area contributed by atoms with E-state index in [1.165, 1.54) is 0 Å². The number of ether oxygens (including phenoxy) is 1. The first kappa shape index (κ1) is 12.9. The molecule has 13 heavy (non-hydrogen) atoms. The average molecular weight is 188 g/mol. The van der Waals surface area contributed by atoms with Gasteiger partial charge in [-0.05, 0) is 31.6 Å². The van der Waals surface area contributed by atoms with E-state index in [4.69, 9.17) is 4.74 Å². The van der Waals surface area contributed by atoms with Crippen LogP contribution < -0.4 is 0 Å². The maximum atomic E-state index is 9.81. The molecule has 0 aromatic carbocycles. The van der Waals surface area contributed by atoms with Crippen LogP contribution in [-0.4, -0.2) is 24.4 Å². The fraction of sp³-hybridized carbons (Fsp3) is 1.00. The van der Waals surface area contributed by atoms with Crippen molar-refractivity contribution in [3.8, 4) is 0 Å². The second kappa shape index (κ2) is 4.97. The highest BCUT2D eigenvalue weighted by Crippen LogP contribution is 2.27. The van der Waals surface area contributed by atoms with Crippen molar-refractivity contribution >= 4 is 0 Å². The van der Waals surface area contributed by atoms with Gasteiger partial charge in [0.2, 0.25) is 0 Å². The second-order valence-electron chi connectivity index (χ2n) is 4.95. The van der Waals surface area contributed by atoms with E-state index >= 15 is 0 Å². The Morgan fingerprint density at radius 2 is 1.69 bits per heavy atom. The van der Waals surface area contributed by atoms with Crippen molar-refractivity contribution in [2.24, 2.45) is 5.41 Å². The second-order valence-corrected chi connectivity index (χ2v) is 4.95. The molecule has 2 heteroatoms. The standard InChI is InChI=1S/C11H24O2/c1-6-11(4,12)8-7-10(2,3)9-13-5/h12H,6-9H2,1-5H3. The molecule has 80 valence electrons. The Morgan fingerprint density at radius 1 is 1.15 bits per heavy atom. The number of rotatable bonds is 6. The molecule has 0 fully saturated rings. The smallest absolute Gasteiger partial charge is 0.0617 e. The largest absolute Gasteiger partial charge is 0.390 e. The molecule has 1 atom stereocenters. The quantitative estimate of drug-likeness (QED) is 0.694. The van der Waals surface area contributed by atoms with Crippen LogP contribution in [0.2, 0.25) is 0 Å². The molecule has 0 rings (SSSR count). The Morgan fingerprint density at radius 3 is 2.08 bits per heavy atom. The molecule has 0 saturated carbocycles. The lowest BCUT2D eigenvalue weighted by Crippen LogP contribution is -2.27. The molecule has 0 heterocycles. The molecule has 1 unspecified atom stereocenters. The van der Waals surface area contributed by atoms with Crippen LogP contribution in [-0.2, 0) is 4.74 Å². The molecule has 0 aliphatic rings. The zero-order valence-corrected chi connectivity index (χ0v) is 9.68. The topological polar surface area (TPSA) is 29.5 Å². The minimum atomic E-state index is -0.509. The highest BCUT2D eigenvalue weighted by molar-refractivity contribution is 4.76. The van der Waals surface area contributed by atoms with Gasteiger partial charge in [0, 0.05) is 7.11 Å². The fourth-order valence-corrected chi connectivity index (χ4v) is 1.25. The molecular formula is C11H24O2. The van der Waals surface area contributed by atoms with Gasteiger partial charge in [0.1, 0.15) is 0 Å². The van der Waals surface area contributed by atoms with Crippen LogP contribution in [0, 0.1) is 5.41 Å². The predicted octanol–water partition coefficient (Wildman–Crippen LogP) is 2.60. The zero-order chi connectivity index (χ0) is 10.5. The Hall–Kier alpha value is -0.0800. The Bertz CT molecular complexity index is 139. The van der Waals surface area contributed by atoms with E-state index in [1.807, 2.05) is 13.8 Å². The van der Waals surface area contributed by atoms with Gasteiger partial charge in [0.25, 0.3) is 0 Å². The number of aliphatic hydroxyl groups is 1. The monoisotopic (exact) mass is 188 g/mol. The van der Waals surface area contributed by atoms with Crippen LogP contribution in [0.5, 0.6) is 0 Å². The molecule has 0 amide bonds. The van der Waals surface area contributed by atoms with Crippen LogP contribution in [0.15, 0.2) is 0 Å². The van der Waals surface area contributed by atoms with Gasteiger partial charge in [-0.1, -0.05) is 20.8 Å². The SMILES string of the molecule is CCC(C)(O)CCC(C)(C)COC. The van der Waals surface area contributed by atoms with Gasteiger partial charge in [-0.25, -0.2) is 0 Å². The molecule has 0 radical (unpaired) electrons. The molecule has 0 aromatic rings. The van der Waals surface area contributed by atoms with E-state index in [2.05, 4.69) is 13.8 Å². The van der Waals surface area contributed by atoms with E-state index in [9.17, 15) is 5.11 Å². The molecule has 0 spiro atoms. The summed E-state index contributed by atoms with van der Waals surface area (Å²) in [7, 11) is 1.72. The van der Waals surface area contributed by atoms with Crippen LogP contribution in [0.3, 0.4) is 0 Å². The summed E-state index contributed by atoms with van der Waals surface area (Å²) in [5.74, 6) is 0. The lowest BCUT2D eigenvalue weighted by atomic mass is 9.83. The van der Waals surface area contributed by atoms with Gasteiger partial charge in [-0.3, -0.25) is 0 Å². The van der Waals surface area contributed by atoms with Crippen molar-refractivity contribution < 1.29 is 9.84 Å². The lowest BCUT2D eigenvalue weighted by Gasteiger charge is -2.29. The maximum Gasteiger partial charge on any atom is 0.0617 e. The third kappa shape index (κ3) is 6.05. The van der Waals surface area contributed by atoms with Crippen LogP contribution in [0.4, 0.5) is 0 Å². The van der Waals surface area contributed by atoms with Gasteiger partial charge >= 0.3 is 0 Å². The summed E-state index contributed by atoms with van der Waals surface area (Å²) in [6.45, 7) is 9.01. The van der Waals surface area contributed by atoms with Crippen LogP contribution in [0.25, 0.3) is 0 Å². The van der Waals surface area contributed by atoms with Crippen molar-refractivity contribution in [1.29, 1.82) is 0 Å². The summed E-state index contributed by atoms with van der Waals surface area (Å²) < 4.78 is 5.12.